The van der Waals surface area contributed by atoms with Gasteiger partial charge in [0.15, 0.2) is 11.5 Å². The van der Waals surface area contributed by atoms with E-state index >= 15 is 0 Å². The molecule has 1 aromatic heterocycles. The first-order valence-electron chi connectivity index (χ1n) is 6.04. The van der Waals surface area contributed by atoms with E-state index in [1.165, 1.54) is 32.0 Å². The maximum absolute atomic E-state index is 12.0. The summed E-state index contributed by atoms with van der Waals surface area (Å²) in [5.41, 5.74) is -0.592. The third kappa shape index (κ3) is 1.91. The molecule has 2 aromatic rings. The fourth-order valence-corrected chi connectivity index (χ4v) is 2.22. The van der Waals surface area contributed by atoms with Crippen LogP contribution in [0, 0.1) is 0 Å². The summed E-state index contributed by atoms with van der Waals surface area (Å²) in [5, 5.41) is 0.306. The number of aromatic nitrogens is 2. The molecule has 0 radical (unpaired) electrons. The lowest BCUT2D eigenvalue weighted by molar-refractivity contribution is 0.326. The molecular formula is C13H16N2O5. The Morgan fingerprint density at radius 1 is 1.10 bits per heavy atom. The molecular weight excluding hydrogens is 264 g/mol. The number of aromatic amines is 1. The van der Waals surface area contributed by atoms with Crippen molar-refractivity contribution in [2.24, 2.45) is 0 Å². The van der Waals surface area contributed by atoms with Crippen molar-refractivity contribution in [3.05, 3.63) is 26.9 Å². The van der Waals surface area contributed by atoms with Gasteiger partial charge in [-0.3, -0.25) is 14.3 Å². The first kappa shape index (κ1) is 14.0. The van der Waals surface area contributed by atoms with Crippen LogP contribution in [0.2, 0.25) is 0 Å². The highest BCUT2D eigenvalue weighted by Gasteiger charge is 2.20. The maximum atomic E-state index is 12.0. The molecule has 0 saturated carbocycles. The number of rotatable bonds is 4. The lowest BCUT2D eigenvalue weighted by atomic mass is 10.2. The molecule has 108 valence electrons. The van der Waals surface area contributed by atoms with E-state index in [1.54, 1.807) is 6.92 Å². The van der Waals surface area contributed by atoms with E-state index in [2.05, 4.69) is 4.98 Å². The van der Waals surface area contributed by atoms with Gasteiger partial charge in [0, 0.05) is 6.54 Å². The lowest BCUT2D eigenvalue weighted by Gasteiger charge is -2.16. The maximum Gasteiger partial charge on any atom is 0.328 e. The second-order valence-corrected chi connectivity index (χ2v) is 4.05. The van der Waals surface area contributed by atoms with E-state index in [-0.39, 0.29) is 0 Å². The van der Waals surface area contributed by atoms with Crippen LogP contribution in [-0.4, -0.2) is 30.9 Å². The number of methoxy groups -OCH3 is 3. The Hall–Kier alpha value is -2.44. The number of ether oxygens (including phenoxy) is 3. The van der Waals surface area contributed by atoms with Crippen molar-refractivity contribution in [1.82, 2.24) is 9.55 Å². The topological polar surface area (TPSA) is 82.6 Å². The van der Waals surface area contributed by atoms with Crippen LogP contribution in [0.25, 0.3) is 10.9 Å². The summed E-state index contributed by atoms with van der Waals surface area (Å²) in [7, 11) is 4.38. The second kappa shape index (κ2) is 5.28. The van der Waals surface area contributed by atoms with Crippen molar-refractivity contribution in [3.8, 4) is 17.2 Å². The fraction of sp³-hybridized carbons (Fsp3) is 0.385. The van der Waals surface area contributed by atoms with E-state index in [1.807, 2.05) is 0 Å². The molecule has 7 nitrogen and oxygen atoms in total. The third-order valence-corrected chi connectivity index (χ3v) is 3.10. The minimum absolute atomic E-state index is 0.298. The Bertz CT molecular complexity index is 760. The Labute approximate surface area is 114 Å². The molecule has 0 amide bonds. The SMILES string of the molecule is CCn1c(=O)[nH]c(=O)c2cc(OC)c(OC)c(OC)c21. The number of hydrogen-bond acceptors (Lipinski definition) is 5. The Morgan fingerprint density at radius 2 is 1.75 bits per heavy atom. The van der Waals surface area contributed by atoms with Gasteiger partial charge in [-0.25, -0.2) is 4.79 Å². The zero-order valence-corrected chi connectivity index (χ0v) is 11.8. The normalized spacial score (nSPS) is 10.6. The summed E-state index contributed by atoms with van der Waals surface area (Å²) in [6, 6.07) is 1.53. The monoisotopic (exact) mass is 280 g/mol. The van der Waals surface area contributed by atoms with Crippen LogP contribution >= 0.6 is 0 Å². The number of hydrogen-bond donors (Lipinski definition) is 1. The Morgan fingerprint density at radius 3 is 2.25 bits per heavy atom. The number of nitrogens with zero attached hydrogens (tertiary/aromatic N) is 1. The van der Waals surface area contributed by atoms with Crippen molar-refractivity contribution in [2.45, 2.75) is 13.5 Å². The molecule has 0 bridgehead atoms. The van der Waals surface area contributed by atoms with Crippen molar-refractivity contribution in [1.29, 1.82) is 0 Å². The Balaban J connectivity index is 3.11. The molecule has 2 rings (SSSR count). The highest BCUT2D eigenvalue weighted by Crippen LogP contribution is 2.41. The molecule has 0 spiro atoms. The van der Waals surface area contributed by atoms with Gasteiger partial charge >= 0.3 is 5.69 Å². The summed E-state index contributed by atoms with van der Waals surface area (Å²) in [5.74, 6) is 1.00. The molecule has 0 saturated heterocycles. The van der Waals surface area contributed by atoms with E-state index < -0.39 is 11.2 Å². The van der Waals surface area contributed by atoms with Crippen LogP contribution < -0.4 is 25.5 Å². The fourth-order valence-electron chi connectivity index (χ4n) is 2.22. The highest BCUT2D eigenvalue weighted by atomic mass is 16.5. The summed E-state index contributed by atoms with van der Waals surface area (Å²) < 4.78 is 17.2. The molecule has 1 aromatic carbocycles. The number of H-pyrrole nitrogens is 1. The number of benzene rings is 1. The van der Waals surface area contributed by atoms with Gasteiger partial charge in [-0.2, -0.15) is 0 Å². The largest absolute Gasteiger partial charge is 0.493 e. The summed E-state index contributed by atoms with van der Waals surface area (Å²) in [6.07, 6.45) is 0. The van der Waals surface area contributed by atoms with Gasteiger partial charge < -0.3 is 14.2 Å². The first-order chi connectivity index (χ1) is 9.58. The Kier molecular flexibility index (Phi) is 3.69. The second-order valence-electron chi connectivity index (χ2n) is 4.05. The molecule has 0 fully saturated rings. The van der Waals surface area contributed by atoms with E-state index in [0.717, 1.165) is 0 Å². The van der Waals surface area contributed by atoms with Gasteiger partial charge in [0.2, 0.25) is 5.75 Å². The number of aryl methyl sites for hydroxylation is 1. The van der Waals surface area contributed by atoms with Gasteiger partial charge in [-0.05, 0) is 13.0 Å². The first-order valence-corrected chi connectivity index (χ1v) is 6.04. The molecule has 7 heteroatoms. The van der Waals surface area contributed by atoms with Crippen LogP contribution in [0.3, 0.4) is 0 Å². The van der Waals surface area contributed by atoms with Gasteiger partial charge in [0.05, 0.1) is 26.7 Å². The van der Waals surface area contributed by atoms with Crippen molar-refractivity contribution < 1.29 is 14.2 Å². The van der Waals surface area contributed by atoms with Crippen LogP contribution in [-0.2, 0) is 6.54 Å². The predicted molar refractivity (Wildman–Crippen MR) is 74.2 cm³/mol. The molecule has 0 aliphatic heterocycles. The van der Waals surface area contributed by atoms with E-state index in [9.17, 15) is 9.59 Å². The minimum atomic E-state index is -0.492. The van der Waals surface area contributed by atoms with Gasteiger partial charge in [0.1, 0.15) is 5.52 Å². The van der Waals surface area contributed by atoms with Crippen LogP contribution in [0.4, 0.5) is 0 Å². The average Bonchev–Trinajstić information content (AvgIpc) is 2.45. The summed E-state index contributed by atoms with van der Waals surface area (Å²) in [6.45, 7) is 2.19. The summed E-state index contributed by atoms with van der Waals surface area (Å²) >= 11 is 0. The predicted octanol–water partition coefficient (Wildman–Crippen LogP) is 0.735. The lowest BCUT2D eigenvalue weighted by Crippen LogP contribution is -2.30. The molecule has 0 aliphatic carbocycles. The number of fused-ring (bicyclic) bond motifs is 1. The highest BCUT2D eigenvalue weighted by molar-refractivity contribution is 5.89. The van der Waals surface area contributed by atoms with Gasteiger partial charge in [-0.15, -0.1) is 0 Å². The zero-order valence-electron chi connectivity index (χ0n) is 11.8. The average molecular weight is 280 g/mol. The van der Waals surface area contributed by atoms with E-state index in [4.69, 9.17) is 14.2 Å². The zero-order chi connectivity index (χ0) is 14.9. The van der Waals surface area contributed by atoms with Crippen LogP contribution in [0.1, 0.15) is 6.92 Å². The summed E-state index contributed by atoms with van der Waals surface area (Å²) in [4.78, 5) is 26.1. The molecule has 0 atom stereocenters. The van der Waals surface area contributed by atoms with Crippen molar-refractivity contribution >= 4 is 10.9 Å². The molecule has 0 unspecified atom stereocenters. The van der Waals surface area contributed by atoms with Crippen LogP contribution in [0.15, 0.2) is 15.7 Å². The number of nitrogens with one attached hydrogen (secondary N) is 1. The third-order valence-electron chi connectivity index (χ3n) is 3.10. The molecule has 1 heterocycles. The molecule has 0 aliphatic rings. The standard InChI is InChI=1S/C13H16N2O5/c1-5-15-9-7(12(16)14-13(15)17)6-8(18-2)10(19-3)11(9)20-4/h6H,5H2,1-4H3,(H,14,16,17). The van der Waals surface area contributed by atoms with Crippen LogP contribution in [0.5, 0.6) is 17.2 Å². The van der Waals surface area contributed by atoms with Gasteiger partial charge in [0.25, 0.3) is 5.56 Å². The molecule has 20 heavy (non-hydrogen) atoms. The van der Waals surface area contributed by atoms with Crippen molar-refractivity contribution in [2.75, 3.05) is 21.3 Å². The minimum Gasteiger partial charge on any atom is -0.493 e. The van der Waals surface area contributed by atoms with E-state index in [0.29, 0.717) is 34.7 Å². The smallest absolute Gasteiger partial charge is 0.328 e. The quantitative estimate of drug-likeness (QED) is 0.893. The molecule has 1 N–H and O–H groups in total. The van der Waals surface area contributed by atoms with Gasteiger partial charge in [-0.1, -0.05) is 0 Å². The van der Waals surface area contributed by atoms with Crippen molar-refractivity contribution in [3.63, 3.8) is 0 Å².